The second-order valence-corrected chi connectivity index (χ2v) is 7.52. The minimum atomic E-state index is 0.126. The van der Waals surface area contributed by atoms with Gasteiger partial charge in [0.1, 0.15) is 5.75 Å². The number of Topliss-reactive ketones (excluding diaryl/α,β-unsaturated/α-hetero) is 1. The van der Waals surface area contributed by atoms with E-state index in [2.05, 4.69) is 58.6 Å². The fourth-order valence-electron chi connectivity index (χ4n) is 3.72. The van der Waals surface area contributed by atoms with Crippen molar-refractivity contribution in [3.8, 4) is 5.75 Å². The van der Waals surface area contributed by atoms with Gasteiger partial charge in [-0.05, 0) is 48.9 Å². The number of aryl methyl sites for hydroxylation is 1. The zero-order chi connectivity index (χ0) is 20.2. The van der Waals surface area contributed by atoms with Crippen molar-refractivity contribution in [3.63, 3.8) is 0 Å². The van der Waals surface area contributed by atoms with Crippen molar-refractivity contribution in [2.24, 2.45) is 0 Å². The lowest BCUT2D eigenvalue weighted by atomic mass is 9.82. The number of benzene rings is 2. The Kier molecular flexibility index (Phi) is 5.56. The number of aromatic nitrogens is 2. The molecule has 1 aliphatic carbocycles. The molecule has 0 saturated carbocycles. The van der Waals surface area contributed by atoms with E-state index in [0.717, 1.165) is 30.8 Å². The van der Waals surface area contributed by atoms with Gasteiger partial charge < -0.3 is 10.1 Å². The van der Waals surface area contributed by atoms with Gasteiger partial charge in [0.05, 0.1) is 18.4 Å². The van der Waals surface area contributed by atoms with Crippen LogP contribution in [0.1, 0.15) is 45.1 Å². The second-order valence-electron chi connectivity index (χ2n) is 7.52. The molecule has 0 saturated heterocycles. The van der Waals surface area contributed by atoms with Crippen molar-refractivity contribution >= 4 is 11.7 Å². The van der Waals surface area contributed by atoms with Crippen LogP contribution in [0.5, 0.6) is 5.75 Å². The van der Waals surface area contributed by atoms with Crippen LogP contribution in [-0.4, -0.2) is 29.4 Å². The maximum atomic E-state index is 12.6. The summed E-state index contributed by atoms with van der Waals surface area (Å²) >= 11 is 0. The summed E-state index contributed by atoms with van der Waals surface area (Å²) in [7, 11) is 1.66. The van der Waals surface area contributed by atoms with Gasteiger partial charge >= 0.3 is 0 Å². The van der Waals surface area contributed by atoms with Gasteiger partial charge in [-0.2, -0.15) is 0 Å². The summed E-state index contributed by atoms with van der Waals surface area (Å²) in [5.41, 5.74) is 5.14. The summed E-state index contributed by atoms with van der Waals surface area (Å²) < 4.78 is 5.19. The Hall–Kier alpha value is -3.21. The number of hydrogen-bond acceptors (Lipinski definition) is 5. The molecule has 1 aliphatic rings. The third-order valence-corrected chi connectivity index (χ3v) is 5.44. The fourth-order valence-corrected chi connectivity index (χ4v) is 3.72. The van der Waals surface area contributed by atoms with Gasteiger partial charge in [0.25, 0.3) is 0 Å². The molecule has 0 amide bonds. The molecule has 2 aromatic carbocycles. The standard InChI is InChI=1S/C24H25N3O2/c1-16-3-7-18(8-4-16)19-13-22-21(23(28)14-19)15-26-24(27-22)25-12-11-17-5-9-20(29-2)10-6-17/h3-10,15,19H,11-14H2,1-2H3,(H,25,26,27). The van der Waals surface area contributed by atoms with Crippen LogP contribution in [0.4, 0.5) is 5.95 Å². The Labute approximate surface area is 171 Å². The van der Waals surface area contributed by atoms with Gasteiger partial charge in [-0.3, -0.25) is 4.79 Å². The number of rotatable bonds is 6. The quantitative estimate of drug-likeness (QED) is 0.681. The molecule has 3 aromatic rings. The summed E-state index contributed by atoms with van der Waals surface area (Å²) in [6.45, 7) is 2.79. The lowest BCUT2D eigenvalue weighted by molar-refractivity contribution is 0.0962. The zero-order valence-electron chi connectivity index (χ0n) is 16.8. The lowest BCUT2D eigenvalue weighted by Gasteiger charge is -2.23. The van der Waals surface area contributed by atoms with Crippen molar-refractivity contribution in [3.05, 3.63) is 82.7 Å². The summed E-state index contributed by atoms with van der Waals surface area (Å²) in [6.07, 6.45) is 3.81. The van der Waals surface area contributed by atoms with E-state index in [4.69, 9.17) is 4.74 Å². The molecule has 0 fully saturated rings. The molecule has 1 heterocycles. The zero-order valence-corrected chi connectivity index (χ0v) is 16.8. The van der Waals surface area contributed by atoms with Crippen LogP contribution < -0.4 is 10.1 Å². The van der Waals surface area contributed by atoms with Crippen LogP contribution >= 0.6 is 0 Å². The average Bonchev–Trinajstić information content (AvgIpc) is 2.74. The van der Waals surface area contributed by atoms with Crippen molar-refractivity contribution in [1.82, 2.24) is 9.97 Å². The Morgan fingerprint density at radius 2 is 1.83 bits per heavy atom. The number of hydrogen-bond donors (Lipinski definition) is 1. The highest BCUT2D eigenvalue weighted by Crippen LogP contribution is 2.32. The second kappa shape index (κ2) is 8.43. The van der Waals surface area contributed by atoms with Crippen LogP contribution in [0.25, 0.3) is 0 Å². The number of carbonyl (C=O) groups is 1. The minimum Gasteiger partial charge on any atom is -0.497 e. The minimum absolute atomic E-state index is 0.126. The van der Waals surface area contributed by atoms with Gasteiger partial charge in [-0.15, -0.1) is 0 Å². The first kappa shape index (κ1) is 19.1. The number of nitrogens with one attached hydrogen (secondary N) is 1. The molecule has 1 aromatic heterocycles. The van der Waals surface area contributed by atoms with Crippen molar-refractivity contribution < 1.29 is 9.53 Å². The van der Waals surface area contributed by atoms with Crippen LogP contribution in [-0.2, 0) is 12.8 Å². The highest BCUT2D eigenvalue weighted by molar-refractivity contribution is 5.98. The highest BCUT2D eigenvalue weighted by atomic mass is 16.5. The SMILES string of the molecule is COc1ccc(CCNc2ncc3c(n2)CC(c2ccc(C)cc2)CC3=O)cc1. The number of fused-ring (bicyclic) bond motifs is 1. The van der Waals surface area contributed by atoms with E-state index >= 15 is 0 Å². The molecular weight excluding hydrogens is 362 g/mol. The third-order valence-electron chi connectivity index (χ3n) is 5.44. The van der Waals surface area contributed by atoms with E-state index in [9.17, 15) is 4.79 Å². The molecule has 4 rings (SSSR count). The molecule has 0 bridgehead atoms. The first-order valence-corrected chi connectivity index (χ1v) is 9.95. The van der Waals surface area contributed by atoms with Gasteiger partial charge in [0.15, 0.2) is 5.78 Å². The van der Waals surface area contributed by atoms with Crippen molar-refractivity contribution in [2.45, 2.75) is 32.1 Å². The Morgan fingerprint density at radius 3 is 2.55 bits per heavy atom. The molecule has 0 radical (unpaired) electrons. The van der Waals surface area contributed by atoms with Crippen molar-refractivity contribution in [2.75, 3.05) is 19.0 Å². The van der Waals surface area contributed by atoms with Crippen LogP contribution in [0.15, 0.2) is 54.7 Å². The van der Waals surface area contributed by atoms with E-state index in [1.54, 1.807) is 13.3 Å². The monoisotopic (exact) mass is 387 g/mol. The van der Waals surface area contributed by atoms with Crippen LogP contribution in [0.2, 0.25) is 0 Å². The number of methoxy groups -OCH3 is 1. The maximum absolute atomic E-state index is 12.6. The predicted molar refractivity (Wildman–Crippen MR) is 114 cm³/mol. The number of carbonyl (C=O) groups excluding carboxylic acids is 1. The molecule has 0 aliphatic heterocycles. The molecule has 5 nitrogen and oxygen atoms in total. The third kappa shape index (κ3) is 4.45. The molecular formula is C24H25N3O2. The molecule has 29 heavy (non-hydrogen) atoms. The van der Waals surface area contributed by atoms with Crippen LogP contribution in [0, 0.1) is 6.92 Å². The normalized spacial score (nSPS) is 15.7. The van der Waals surface area contributed by atoms with Gasteiger partial charge in [-0.1, -0.05) is 42.0 Å². The summed E-state index contributed by atoms with van der Waals surface area (Å²) in [5.74, 6) is 1.74. The van der Waals surface area contributed by atoms with Gasteiger partial charge in [-0.25, -0.2) is 9.97 Å². The summed E-state index contributed by atoms with van der Waals surface area (Å²) in [5, 5.41) is 3.28. The topological polar surface area (TPSA) is 64.1 Å². The number of nitrogens with zero attached hydrogens (tertiary/aromatic N) is 2. The fraction of sp³-hybridized carbons (Fsp3) is 0.292. The Bertz CT molecular complexity index is 998. The number of anilines is 1. The first-order valence-electron chi connectivity index (χ1n) is 9.95. The van der Waals surface area contributed by atoms with E-state index in [1.165, 1.54) is 16.7 Å². The van der Waals surface area contributed by atoms with E-state index in [1.807, 2.05) is 12.1 Å². The Morgan fingerprint density at radius 1 is 1.07 bits per heavy atom. The number of ether oxygens (including phenoxy) is 1. The lowest BCUT2D eigenvalue weighted by Crippen LogP contribution is -2.21. The average molecular weight is 387 g/mol. The first-order chi connectivity index (χ1) is 14.1. The van der Waals surface area contributed by atoms with E-state index in [-0.39, 0.29) is 11.7 Å². The van der Waals surface area contributed by atoms with Gasteiger partial charge in [0.2, 0.25) is 5.95 Å². The largest absolute Gasteiger partial charge is 0.497 e. The molecule has 5 heteroatoms. The summed E-state index contributed by atoms with van der Waals surface area (Å²) in [4.78, 5) is 21.6. The number of ketones is 1. The van der Waals surface area contributed by atoms with Crippen molar-refractivity contribution in [1.29, 1.82) is 0 Å². The van der Waals surface area contributed by atoms with Gasteiger partial charge in [0, 0.05) is 19.2 Å². The highest BCUT2D eigenvalue weighted by Gasteiger charge is 2.28. The van der Waals surface area contributed by atoms with E-state index in [0.29, 0.717) is 17.9 Å². The molecule has 1 N–H and O–H groups in total. The smallest absolute Gasteiger partial charge is 0.222 e. The summed E-state index contributed by atoms with van der Waals surface area (Å²) in [6, 6.07) is 16.5. The molecule has 148 valence electrons. The van der Waals surface area contributed by atoms with E-state index < -0.39 is 0 Å². The molecule has 1 unspecified atom stereocenters. The maximum Gasteiger partial charge on any atom is 0.222 e. The molecule has 1 atom stereocenters. The Balaban J connectivity index is 1.42. The predicted octanol–water partition coefficient (Wildman–Crippen LogP) is 4.36. The van der Waals surface area contributed by atoms with Crippen LogP contribution in [0.3, 0.4) is 0 Å². The molecule has 0 spiro atoms.